The van der Waals surface area contributed by atoms with Crippen LogP contribution in [-0.4, -0.2) is 42.2 Å². The first-order valence-electron chi connectivity index (χ1n) is 4.46. The third-order valence-corrected chi connectivity index (χ3v) is 4.33. The van der Waals surface area contributed by atoms with Gasteiger partial charge in [0.2, 0.25) is 0 Å². The van der Waals surface area contributed by atoms with E-state index in [1.54, 1.807) is 21.6 Å². The predicted molar refractivity (Wildman–Crippen MR) is 60.4 cm³/mol. The number of nitrogens with two attached hydrogens (primary N) is 1. The zero-order valence-corrected chi connectivity index (χ0v) is 9.46. The molecule has 1 atom stereocenters. The summed E-state index contributed by atoms with van der Waals surface area (Å²) in [6, 6.07) is -0.264. The van der Waals surface area contributed by atoms with Gasteiger partial charge in [0.1, 0.15) is 5.78 Å². The van der Waals surface area contributed by atoms with Gasteiger partial charge < -0.3 is 5.73 Å². The van der Waals surface area contributed by atoms with Crippen LogP contribution >= 0.6 is 21.6 Å². The van der Waals surface area contributed by atoms with Crippen LogP contribution in [0.25, 0.3) is 0 Å². The zero-order chi connectivity index (χ0) is 10.4. The smallest absolute Gasteiger partial charge is 0.164 e. The molecule has 3 N–H and O–H groups in total. The van der Waals surface area contributed by atoms with E-state index < -0.39 is 0 Å². The molecule has 14 heavy (non-hydrogen) atoms. The second kappa shape index (κ2) is 6.44. The molecule has 0 bridgehead atoms. The minimum absolute atomic E-state index is 0.0206. The summed E-state index contributed by atoms with van der Waals surface area (Å²) in [5, 5.41) is 2.95. The van der Waals surface area contributed by atoms with Crippen molar-refractivity contribution in [1.29, 1.82) is 0 Å². The van der Waals surface area contributed by atoms with Gasteiger partial charge in [-0.2, -0.15) is 0 Å². The van der Waals surface area contributed by atoms with Gasteiger partial charge in [0.25, 0.3) is 0 Å². The lowest BCUT2D eigenvalue weighted by Gasteiger charge is -2.13. The van der Waals surface area contributed by atoms with Crippen LogP contribution in [0, 0.1) is 0 Å². The van der Waals surface area contributed by atoms with Crippen molar-refractivity contribution in [1.82, 2.24) is 5.32 Å². The number of hydrogen-bond acceptors (Lipinski definition) is 6. The molecule has 0 amide bonds. The van der Waals surface area contributed by atoms with Gasteiger partial charge >= 0.3 is 0 Å². The molecular weight excluding hydrogens is 220 g/mol. The maximum absolute atomic E-state index is 11.3. The highest BCUT2D eigenvalue weighted by molar-refractivity contribution is 8.76. The van der Waals surface area contributed by atoms with Crippen LogP contribution in [0.15, 0.2) is 0 Å². The van der Waals surface area contributed by atoms with Crippen LogP contribution < -0.4 is 11.1 Å². The van der Waals surface area contributed by atoms with Crippen molar-refractivity contribution >= 4 is 33.2 Å². The molecule has 1 fully saturated rings. The summed E-state index contributed by atoms with van der Waals surface area (Å²) in [7, 11) is 3.26. The highest BCUT2D eigenvalue weighted by Gasteiger charge is 2.19. The first-order chi connectivity index (χ1) is 6.74. The maximum atomic E-state index is 11.3. The van der Waals surface area contributed by atoms with Crippen LogP contribution in [-0.2, 0) is 9.59 Å². The summed E-state index contributed by atoms with van der Waals surface area (Å²) >= 11 is 0. The van der Waals surface area contributed by atoms with Crippen molar-refractivity contribution in [2.45, 2.75) is 12.5 Å². The summed E-state index contributed by atoms with van der Waals surface area (Å²) in [4.78, 5) is 22.5. The second-order valence-corrected chi connectivity index (χ2v) is 5.63. The van der Waals surface area contributed by atoms with Gasteiger partial charge in [-0.15, -0.1) is 0 Å². The Kier molecular flexibility index (Phi) is 5.54. The van der Waals surface area contributed by atoms with Crippen molar-refractivity contribution in [3.63, 3.8) is 0 Å². The van der Waals surface area contributed by atoms with Gasteiger partial charge in [-0.05, 0) is 0 Å². The van der Waals surface area contributed by atoms with Crippen LogP contribution in [0.3, 0.4) is 0 Å². The molecule has 0 spiro atoms. The van der Waals surface area contributed by atoms with Crippen molar-refractivity contribution in [3.05, 3.63) is 0 Å². The highest BCUT2D eigenvalue weighted by Crippen LogP contribution is 2.23. The van der Waals surface area contributed by atoms with Crippen LogP contribution in [0.2, 0.25) is 0 Å². The summed E-state index contributed by atoms with van der Waals surface area (Å²) in [5.74, 6) is 1.66. The van der Waals surface area contributed by atoms with Gasteiger partial charge in [0.15, 0.2) is 5.78 Å². The molecule has 0 unspecified atom stereocenters. The fourth-order valence-corrected chi connectivity index (χ4v) is 3.33. The number of rotatable bonds is 2. The number of Topliss-reactive ketones (excluding diaryl/α,β-unsaturated/α-hetero) is 2. The largest absolute Gasteiger partial charge is 0.324 e. The van der Waals surface area contributed by atoms with Crippen molar-refractivity contribution < 1.29 is 9.59 Å². The van der Waals surface area contributed by atoms with E-state index in [9.17, 15) is 9.59 Å². The van der Waals surface area contributed by atoms with E-state index in [0.717, 1.165) is 5.75 Å². The third kappa shape index (κ3) is 4.00. The Morgan fingerprint density at radius 3 is 3.07 bits per heavy atom. The maximum Gasteiger partial charge on any atom is 0.164 e. The van der Waals surface area contributed by atoms with Crippen molar-refractivity contribution in [3.8, 4) is 0 Å². The molecule has 0 aromatic carbocycles. The molecule has 1 aliphatic heterocycles. The molecule has 4 nitrogen and oxygen atoms in total. The molecule has 1 rings (SSSR count). The normalized spacial score (nSPS) is 24.9. The minimum atomic E-state index is -0.264. The Balaban J connectivity index is 2.48. The molecule has 0 aromatic rings. The Hall–Kier alpha value is -0.0400. The predicted octanol–water partition coefficient (Wildman–Crippen LogP) is -0.173. The molecule has 0 aliphatic carbocycles. The van der Waals surface area contributed by atoms with E-state index in [2.05, 4.69) is 5.32 Å². The molecule has 1 saturated heterocycles. The number of nitrogens with one attached hydrogen (secondary N) is 1. The molecule has 6 heteroatoms. The Morgan fingerprint density at radius 2 is 2.36 bits per heavy atom. The second-order valence-electron chi connectivity index (χ2n) is 3.00. The first-order valence-corrected chi connectivity index (χ1v) is 6.95. The van der Waals surface area contributed by atoms with Crippen LogP contribution in [0.1, 0.15) is 6.42 Å². The molecule has 1 heterocycles. The monoisotopic (exact) mass is 234 g/mol. The van der Waals surface area contributed by atoms with Crippen LogP contribution in [0.4, 0.5) is 0 Å². The van der Waals surface area contributed by atoms with E-state index in [1.807, 2.05) is 0 Å². The lowest BCUT2D eigenvalue weighted by Crippen LogP contribution is -2.43. The van der Waals surface area contributed by atoms with Crippen LogP contribution in [0.5, 0.6) is 0 Å². The Bertz CT molecular complexity index is 223. The van der Waals surface area contributed by atoms with Gasteiger partial charge in [0, 0.05) is 17.9 Å². The van der Waals surface area contributed by atoms with E-state index in [0.29, 0.717) is 12.2 Å². The molecule has 1 aliphatic rings. The van der Waals surface area contributed by atoms with Crippen molar-refractivity contribution in [2.24, 2.45) is 5.73 Å². The number of carbonyl (C=O) groups excluding carboxylic acids is 2. The Morgan fingerprint density at radius 1 is 1.57 bits per heavy atom. The average Bonchev–Trinajstić information content (AvgIpc) is 2.29. The lowest BCUT2D eigenvalue weighted by atomic mass is 10.2. The summed E-state index contributed by atoms with van der Waals surface area (Å²) in [5.41, 5.74) is 5.28. The average molecular weight is 234 g/mol. The SMILES string of the molecule is NCC(=O)[C@H]1CSSCCC(=O)CN1. The number of ketones is 2. The lowest BCUT2D eigenvalue weighted by molar-refractivity contribution is -0.120. The fourth-order valence-electron chi connectivity index (χ4n) is 1.06. The van der Waals surface area contributed by atoms with E-state index in [4.69, 9.17) is 5.73 Å². The molecule has 0 saturated carbocycles. The Labute approximate surface area is 91.1 Å². The van der Waals surface area contributed by atoms with Gasteiger partial charge in [-0.3, -0.25) is 14.9 Å². The quantitative estimate of drug-likeness (QED) is 0.646. The zero-order valence-electron chi connectivity index (χ0n) is 7.82. The fraction of sp³-hybridized carbons (Fsp3) is 0.750. The van der Waals surface area contributed by atoms with Gasteiger partial charge in [-0.25, -0.2) is 0 Å². The van der Waals surface area contributed by atoms with Gasteiger partial charge in [-0.1, -0.05) is 21.6 Å². The van der Waals surface area contributed by atoms with E-state index in [1.165, 1.54) is 0 Å². The number of carbonyl (C=O) groups is 2. The van der Waals surface area contributed by atoms with Crippen molar-refractivity contribution in [2.75, 3.05) is 24.6 Å². The summed E-state index contributed by atoms with van der Waals surface area (Å²) in [6.07, 6.45) is 0.578. The van der Waals surface area contributed by atoms with Gasteiger partial charge in [0.05, 0.1) is 19.1 Å². The van der Waals surface area contributed by atoms with E-state index >= 15 is 0 Å². The standard InChI is InChI=1S/C8H14N2O2S2/c9-3-8(12)7-5-14-13-2-1-6(11)4-10-7/h7,10H,1-5,9H2/t7-/m1/s1. The topological polar surface area (TPSA) is 72.2 Å². The molecular formula is C8H14N2O2S2. The summed E-state index contributed by atoms with van der Waals surface area (Å²) < 4.78 is 0. The highest BCUT2D eigenvalue weighted by atomic mass is 33.1. The number of hydrogen-bond donors (Lipinski definition) is 2. The third-order valence-electron chi connectivity index (χ3n) is 1.92. The molecule has 80 valence electrons. The minimum Gasteiger partial charge on any atom is -0.324 e. The molecule has 0 aromatic heterocycles. The summed E-state index contributed by atoms with van der Waals surface area (Å²) in [6.45, 7) is 0.328. The first kappa shape index (κ1) is 12.0. The van der Waals surface area contributed by atoms with E-state index in [-0.39, 0.29) is 30.7 Å². The molecule has 0 radical (unpaired) electrons.